The summed E-state index contributed by atoms with van der Waals surface area (Å²) in [6.45, 7) is 4.42. The zero-order valence-corrected chi connectivity index (χ0v) is 15.4. The van der Waals surface area contributed by atoms with Gasteiger partial charge in [-0.1, -0.05) is 0 Å². The molecule has 0 aromatic carbocycles. The smallest absolute Gasteiger partial charge is 0.132 e. The van der Waals surface area contributed by atoms with E-state index in [4.69, 9.17) is 5.10 Å². The Morgan fingerprint density at radius 1 is 1.04 bits per heavy atom. The minimum absolute atomic E-state index is 0.615. The van der Waals surface area contributed by atoms with Crippen LogP contribution in [0.25, 0.3) is 0 Å². The van der Waals surface area contributed by atoms with Crippen LogP contribution in [0.1, 0.15) is 49.9 Å². The quantitative estimate of drug-likeness (QED) is 0.828. The molecular weight excluding hydrogens is 324 g/mol. The Labute approximate surface area is 155 Å². The fraction of sp³-hybridized carbons (Fsp3) is 0.650. The Morgan fingerprint density at radius 2 is 1.88 bits per heavy atom. The predicted molar refractivity (Wildman–Crippen MR) is 101 cm³/mol. The van der Waals surface area contributed by atoms with Crippen molar-refractivity contribution in [2.45, 2.75) is 70.1 Å². The van der Waals surface area contributed by atoms with E-state index in [9.17, 15) is 0 Å². The van der Waals surface area contributed by atoms with Crippen molar-refractivity contribution in [2.75, 3.05) is 18.0 Å². The van der Waals surface area contributed by atoms with Crippen LogP contribution in [0.4, 0.5) is 5.82 Å². The Balaban J connectivity index is 1.21. The van der Waals surface area contributed by atoms with E-state index in [2.05, 4.69) is 36.6 Å². The molecule has 4 heterocycles. The van der Waals surface area contributed by atoms with Gasteiger partial charge in [-0.05, 0) is 57.1 Å². The van der Waals surface area contributed by atoms with Crippen molar-refractivity contribution in [1.29, 1.82) is 0 Å². The summed E-state index contributed by atoms with van der Waals surface area (Å²) >= 11 is 0. The SMILES string of the molecule is c1cc(N(C2CC2)C2CCN(Cc3cc4n(n3)CCCC4)CC2)ncn1. The van der Waals surface area contributed by atoms with E-state index in [1.807, 2.05) is 6.20 Å². The Morgan fingerprint density at radius 3 is 2.62 bits per heavy atom. The molecule has 0 N–H and O–H groups in total. The maximum Gasteiger partial charge on any atom is 0.132 e. The molecule has 5 rings (SSSR count). The van der Waals surface area contributed by atoms with Gasteiger partial charge in [0.2, 0.25) is 0 Å². The number of piperidine rings is 1. The third kappa shape index (κ3) is 3.34. The molecule has 138 valence electrons. The second-order valence-electron chi connectivity index (χ2n) is 8.02. The first-order valence-corrected chi connectivity index (χ1v) is 10.2. The molecule has 0 spiro atoms. The van der Waals surface area contributed by atoms with E-state index in [1.54, 1.807) is 6.33 Å². The maximum atomic E-state index is 4.83. The topological polar surface area (TPSA) is 50.1 Å². The highest BCUT2D eigenvalue weighted by Crippen LogP contribution is 2.35. The zero-order valence-electron chi connectivity index (χ0n) is 15.4. The molecule has 0 atom stereocenters. The summed E-state index contributed by atoms with van der Waals surface area (Å²) in [5.74, 6) is 1.11. The number of rotatable bonds is 5. The van der Waals surface area contributed by atoms with Gasteiger partial charge in [-0.3, -0.25) is 9.58 Å². The molecule has 2 aromatic heterocycles. The highest BCUT2D eigenvalue weighted by atomic mass is 15.3. The van der Waals surface area contributed by atoms with Crippen LogP contribution in [-0.2, 0) is 19.5 Å². The lowest BCUT2D eigenvalue weighted by Gasteiger charge is -2.39. The molecule has 26 heavy (non-hydrogen) atoms. The Bertz CT molecular complexity index is 707. The lowest BCUT2D eigenvalue weighted by atomic mass is 10.0. The molecule has 0 unspecified atom stereocenters. The van der Waals surface area contributed by atoms with Crippen LogP contribution >= 0.6 is 0 Å². The third-order valence-corrected chi connectivity index (χ3v) is 6.07. The molecule has 0 amide bonds. The van der Waals surface area contributed by atoms with E-state index in [-0.39, 0.29) is 0 Å². The van der Waals surface area contributed by atoms with Gasteiger partial charge in [-0.15, -0.1) is 0 Å². The van der Waals surface area contributed by atoms with Crippen molar-refractivity contribution >= 4 is 5.82 Å². The minimum Gasteiger partial charge on any atom is -0.350 e. The summed E-state index contributed by atoms with van der Waals surface area (Å²) in [6.07, 6.45) is 12.4. The Kier molecular flexibility index (Phi) is 4.36. The zero-order chi connectivity index (χ0) is 17.3. The van der Waals surface area contributed by atoms with Gasteiger partial charge in [0.15, 0.2) is 0 Å². The summed E-state index contributed by atoms with van der Waals surface area (Å²) in [5.41, 5.74) is 2.69. The molecule has 1 saturated heterocycles. The molecular formula is C20H28N6. The summed E-state index contributed by atoms with van der Waals surface area (Å²) < 4.78 is 2.23. The molecule has 6 nitrogen and oxygen atoms in total. The number of aryl methyl sites for hydroxylation is 2. The summed E-state index contributed by atoms with van der Waals surface area (Å²) in [6, 6.07) is 5.72. The minimum atomic E-state index is 0.615. The van der Waals surface area contributed by atoms with Crippen molar-refractivity contribution < 1.29 is 0 Å². The average Bonchev–Trinajstić information content (AvgIpc) is 3.43. The molecule has 1 aliphatic carbocycles. The van der Waals surface area contributed by atoms with Gasteiger partial charge in [0, 0.05) is 50.2 Å². The van der Waals surface area contributed by atoms with Gasteiger partial charge < -0.3 is 4.90 Å². The van der Waals surface area contributed by atoms with Gasteiger partial charge in [-0.25, -0.2) is 9.97 Å². The van der Waals surface area contributed by atoms with E-state index in [0.717, 1.165) is 32.0 Å². The summed E-state index contributed by atoms with van der Waals surface area (Å²) in [4.78, 5) is 13.8. The van der Waals surface area contributed by atoms with Gasteiger partial charge in [0.1, 0.15) is 12.1 Å². The van der Waals surface area contributed by atoms with Crippen LogP contribution in [0.2, 0.25) is 0 Å². The number of likely N-dealkylation sites (tertiary alicyclic amines) is 1. The lowest BCUT2D eigenvalue weighted by molar-refractivity contribution is 0.198. The molecule has 0 radical (unpaired) electrons. The second kappa shape index (κ2) is 6.99. The molecule has 6 heteroatoms. The first-order chi connectivity index (χ1) is 12.9. The van der Waals surface area contributed by atoms with Crippen LogP contribution in [-0.4, -0.2) is 49.8 Å². The van der Waals surface area contributed by atoms with Gasteiger partial charge in [-0.2, -0.15) is 5.10 Å². The molecule has 1 saturated carbocycles. The van der Waals surface area contributed by atoms with Crippen molar-refractivity contribution in [2.24, 2.45) is 0 Å². The molecule has 2 fully saturated rings. The summed E-state index contributed by atoms with van der Waals surface area (Å²) in [7, 11) is 0. The standard InChI is InChI=1S/C20H28N6/c1-2-10-25-19(3-1)13-16(23-25)14-24-11-7-18(8-12-24)26(17-4-5-17)20-6-9-21-15-22-20/h6,9,13,15,17-18H,1-5,7-8,10-12,14H2. The van der Waals surface area contributed by atoms with E-state index < -0.39 is 0 Å². The van der Waals surface area contributed by atoms with Gasteiger partial charge in [0.05, 0.1) is 5.69 Å². The molecule has 2 aromatic rings. The van der Waals surface area contributed by atoms with Crippen LogP contribution < -0.4 is 4.90 Å². The van der Waals surface area contributed by atoms with Crippen molar-refractivity contribution in [3.63, 3.8) is 0 Å². The first kappa shape index (κ1) is 16.2. The highest BCUT2D eigenvalue weighted by molar-refractivity contribution is 5.41. The number of hydrogen-bond donors (Lipinski definition) is 0. The fourth-order valence-corrected chi connectivity index (χ4v) is 4.60. The average molecular weight is 352 g/mol. The normalized spacial score (nSPS) is 21.5. The van der Waals surface area contributed by atoms with Crippen LogP contribution in [0.5, 0.6) is 0 Å². The van der Waals surface area contributed by atoms with Gasteiger partial charge in [0.25, 0.3) is 0 Å². The number of hydrogen-bond acceptors (Lipinski definition) is 5. The largest absolute Gasteiger partial charge is 0.350 e. The second-order valence-corrected chi connectivity index (χ2v) is 8.02. The number of nitrogens with zero attached hydrogens (tertiary/aromatic N) is 6. The maximum absolute atomic E-state index is 4.83. The monoisotopic (exact) mass is 352 g/mol. The molecule has 0 bridgehead atoms. The van der Waals surface area contributed by atoms with E-state index >= 15 is 0 Å². The van der Waals surface area contributed by atoms with Crippen LogP contribution in [0.3, 0.4) is 0 Å². The lowest BCUT2D eigenvalue weighted by Crippen LogP contribution is -2.46. The summed E-state index contributed by atoms with van der Waals surface area (Å²) in [5, 5.41) is 4.83. The van der Waals surface area contributed by atoms with Crippen molar-refractivity contribution in [3.05, 3.63) is 36.0 Å². The Hall–Kier alpha value is -1.95. The number of aromatic nitrogens is 4. The van der Waals surface area contributed by atoms with E-state index in [0.29, 0.717) is 12.1 Å². The molecule has 2 aliphatic heterocycles. The van der Waals surface area contributed by atoms with Gasteiger partial charge >= 0.3 is 0 Å². The van der Waals surface area contributed by atoms with Crippen molar-refractivity contribution in [3.8, 4) is 0 Å². The molecule has 3 aliphatic rings. The predicted octanol–water partition coefficient (Wildman–Crippen LogP) is 2.64. The third-order valence-electron chi connectivity index (χ3n) is 6.07. The van der Waals surface area contributed by atoms with E-state index in [1.165, 1.54) is 56.3 Å². The fourth-order valence-electron chi connectivity index (χ4n) is 4.60. The first-order valence-electron chi connectivity index (χ1n) is 10.2. The number of fused-ring (bicyclic) bond motifs is 1. The number of anilines is 1. The van der Waals surface area contributed by atoms with Crippen LogP contribution in [0.15, 0.2) is 24.7 Å². The highest BCUT2D eigenvalue weighted by Gasteiger charge is 2.36. The van der Waals surface area contributed by atoms with Crippen molar-refractivity contribution in [1.82, 2.24) is 24.6 Å². The van der Waals surface area contributed by atoms with Crippen LogP contribution in [0, 0.1) is 0 Å².